The molecule has 0 atom stereocenters. The summed E-state index contributed by atoms with van der Waals surface area (Å²) in [6, 6.07) is 9.85. The molecule has 3 aromatic rings. The van der Waals surface area contributed by atoms with E-state index in [-0.39, 0.29) is 9.79 Å². The van der Waals surface area contributed by atoms with Crippen molar-refractivity contribution >= 4 is 43.0 Å². The molecule has 1 heterocycles. The first kappa shape index (κ1) is 16.9. The number of sulfone groups is 1. The van der Waals surface area contributed by atoms with Crippen LogP contribution >= 0.6 is 23.1 Å². The first-order valence-corrected chi connectivity index (χ1v) is 10.1. The minimum Gasteiger partial charge on any atom is -0.224 e. The topological polar surface area (TPSA) is 57.9 Å². The summed E-state index contributed by atoms with van der Waals surface area (Å²) in [6.07, 6.45) is 1.11. The van der Waals surface area contributed by atoms with E-state index in [0.717, 1.165) is 41.5 Å². The van der Waals surface area contributed by atoms with E-state index in [1.54, 1.807) is 6.07 Å². The third-order valence-electron chi connectivity index (χ3n) is 3.25. The number of benzene rings is 2. The fourth-order valence-corrected chi connectivity index (χ4v) is 5.04. The number of thiophene rings is 1. The summed E-state index contributed by atoms with van der Waals surface area (Å²) in [5.74, 6) is -1.39. The van der Waals surface area contributed by atoms with Crippen molar-refractivity contribution in [1.82, 2.24) is 0 Å². The van der Waals surface area contributed by atoms with Gasteiger partial charge in [0.25, 0.3) is 0 Å². The van der Waals surface area contributed by atoms with Crippen molar-refractivity contribution in [3.63, 3.8) is 0 Å². The summed E-state index contributed by atoms with van der Waals surface area (Å²) in [7, 11) is -3.36. The number of hydrogen-bond donors (Lipinski definition) is 0. The summed E-state index contributed by atoms with van der Waals surface area (Å²) in [4.78, 5) is 1.23. The quantitative estimate of drug-likeness (QED) is 0.665. The van der Waals surface area contributed by atoms with Crippen LogP contribution in [0.4, 0.5) is 8.78 Å². The molecule has 0 bridgehead atoms. The molecule has 122 valence electrons. The van der Waals surface area contributed by atoms with E-state index in [4.69, 9.17) is 0 Å². The van der Waals surface area contributed by atoms with Crippen molar-refractivity contribution in [2.24, 2.45) is 0 Å². The van der Waals surface area contributed by atoms with Gasteiger partial charge in [-0.2, -0.15) is 5.26 Å². The van der Waals surface area contributed by atoms with Gasteiger partial charge in [0.2, 0.25) is 0 Å². The molecule has 0 spiro atoms. The van der Waals surface area contributed by atoms with Gasteiger partial charge in [-0.3, -0.25) is 0 Å². The van der Waals surface area contributed by atoms with Gasteiger partial charge in [-0.25, -0.2) is 17.2 Å². The van der Waals surface area contributed by atoms with Crippen LogP contribution < -0.4 is 0 Å². The first-order valence-electron chi connectivity index (χ1n) is 6.59. The van der Waals surface area contributed by atoms with Crippen molar-refractivity contribution in [3.05, 3.63) is 52.9 Å². The highest BCUT2D eigenvalue weighted by Gasteiger charge is 2.17. The van der Waals surface area contributed by atoms with Crippen molar-refractivity contribution in [3.8, 4) is 6.07 Å². The van der Waals surface area contributed by atoms with Crippen LogP contribution in [0.3, 0.4) is 0 Å². The minimum absolute atomic E-state index is 0.158. The number of nitriles is 1. The molecule has 0 unspecified atom stereocenters. The molecule has 2 aromatic carbocycles. The Kier molecular flexibility index (Phi) is 4.34. The van der Waals surface area contributed by atoms with Gasteiger partial charge >= 0.3 is 0 Å². The zero-order valence-corrected chi connectivity index (χ0v) is 14.7. The SMILES string of the molecule is CS(=O)(=O)c1ccc2c(Sc3ccc(F)cc3F)c(C#N)sc2c1. The second-order valence-corrected chi connectivity index (χ2v) is 9.10. The summed E-state index contributed by atoms with van der Waals surface area (Å²) in [5.41, 5.74) is 0. The van der Waals surface area contributed by atoms with Crippen molar-refractivity contribution in [2.45, 2.75) is 14.7 Å². The minimum atomic E-state index is -3.36. The van der Waals surface area contributed by atoms with Crippen molar-refractivity contribution in [1.29, 1.82) is 5.26 Å². The standard InChI is InChI=1S/C16H9F2NO2S3/c1-24(20,21)10-3-4-11-14(7-10)22-15(8-19)16(11)23-13-5-2-9(17)6-12(13)18/h2-7H,1H3. The number of halogens is 2. The third kappa shape index (κ3) is 3.15. The normalized spacial score (nSPS) is 11.6. The molecule has 3 nitrogen and oxygen atoms in total. The molecule has 0 aliphatic rings. The van der Waals surface area contributed by atoms with Gasteiger partial charge in [-0.15, -0.1) is 11.3 Å². The summed E-state index contributed by atoms with van der Waals surface area (Å²) in [5, 5.41) is 9.98. The number of hydrogen-bond acceptors (Lipinski definition) is 5. The van der Waals surface area contributed by atoms with Crippen LogP contribution in [0.5, 0.6) is 0 Å². The molecule has 0 amide bonds. The molecule has 0 saturated carbocycles. The van der Waals surface area contributed by atoms with E-state index < -0.39 is 21.5 Å². The fraction of sp³-hybridized carbons (Fsp3) is 0.0625. The van der Waals surface area contributed by atoms with Crippen LogP contribution in [0.15, 0.2) is 51.1 Å². The third-order valence-corrected chi connectivity index (χ3v) is 6.73. The van der Waals surface area contributed by atoms with Gasteiger partial charge in [0.05, 0.1) is 4.90 Å². The van der Waals surface area contributed by atoms with E-state index in [1.807, 2.05) is 6.07 Å². The molecule has 0 fully saturated rings. The monoisotopic (exact) mass is 381 g/mol. The second kappa shape index (κ2) is 6.16. The maximum absolute atomic E-state index is 13.9. The van der Waals surface area contributed by atoms with E-state index >= 15 is 0 Å². The maximum Gasteiger partial charge on any atom is 0.175 e. The lowest BCUT2D eigenvalue weighted by atomic mass is 10.2. The zero-order valence-electron chi connectivity index (χ0n) is 12.2. The van der Waals surface area contributed by atoms with Gasteiger partial charge in [-0.1, -0.05) is 17.8 Å². The maximum atomic E-state index is 13.9. The van der Waals surface area contributed by atoms with Crippen LogP contribution in [0.1, 0.15) is 4.88 Å². The molecule has 8 heteroatoms. The Bertz CT molecular complexity index is 1100. The molecule has 3 rings (SSSR count). The molecule has 0 aliphatic carbocycles. The number of nitrogens with zero attached hydrogens (tertiary/aromatic N) is 1. The van der Waals surface area contributed by atoms with Crippen LogP contribution in [0.25, 0.3) is 10.1 Å². The van der Waals surface area contributed by atoms with Gasteiger partial charge in [0.15, 0.2) is 9.84 Å². The predicted molar refractivity (Wildman–Crippen MR) is 90.1 cm³/mol. The summed E-state index contributed by atoms with van der Waals surface area (Å²) < 4.78 is 50.8. The largest absolute Gasteiger partial charge is 0.224 e. The Hall–Kier alpha value is -1.95. The molecule has 0 aliphatic heterocycles. The van der Waals surface area contributed by atoms with Crippen molar-refractivity contribution in [2.75, 3.05) is 6.26 Å². The lowest BCUT2D eigenvalue weighted by molar-refractivity contribution is 0.565. The van der Waals surface area contributed by atoms with E-state index in [1.165, 1.54) is 18.2 Å². The summed E-state index contributed by atoms with van der Waals surface area (Å²) in [6.45, 7) is 0. The highest BCUT2D eigenvalue weighted by atomic mass is 32.2. The van der Waals surface area contributed by atoms with Gasteiger partial charge < -0.3 is 0 Å². The first-order chi connectivity index (χ1) is 11.3. The van der Waals surface area contributed by atoms with Crippen LogP contribution in [-0.4, -0.2) is 14.7 Å². The van der Waals surface area contributed by atoms with E-state index in [9.17, 15) is 22.5 Å². The molecule has 0 saturated heterocycles. The lowest BCUT2D eigenvalue weighted by Gasteiger charge is -2.04. The van der Waals surface area contributed by atoms with Gasteiger partial charge in [0.1, 0.15) is 22.6 Å². The van der Waals surface area contributed by atoms with Crippen LogP contribution in [0, 0.1) is 23.0 Å². The number of fused-ring (bicyclic) bond motifs is 1. The average Bonchev–Trinajstić information content (AvgIpc) is 2.86. The highest BCUT2D eigenvalue weighted by Crippen LogP contribution is 2.42. The molecular formula is C16H9F2NO2S3. The lowest BCUT2D eigenvalue weighted by Crippen LogP contribution is -1.95. The molecule has 24 heavy (non-hydrogen) atoms. The highest BCUT2D eigenvalue weighted by molar-refractivity contribution is 7.99. The predicted octanol–water partition coefficient (Wildman–Crippen LogP) is 4.61. The Morgan fingerprint density at radius 2 is 1.92 bits per heavy atom. The molecular weight excluding hydrogens is 372 g/mol. The van der Waals surface area contributed by atoms with Crippen LogP contribution in [0.2, 0.25) is 0 Å². The van der Waals surface area contributed by atoms with E-state index in [2.05, 4.69) is 0 Å². The van der Waals surface area contributed by atoms with Gasteiger partial charge in [-0.05, 0) is 24.3 Å². The van der Waals surface area contributed by atoms with Gasteiger partial charge in [0, 0.05) is 32.2 Å². The fourth-order valence-electron chi connectivity index (χ4n) is 2.13. The summed E-state index contributed by atoms with van der Waals surface area (Å²) >= 11 is 2.16. The Morgan fingerprint density at radius 1 is 1.17 bits per heavy atom. The van der Waals surface area contributed by atoms with E-state index in [0.29, 0.717) is 19.9 Å². The molecule has 0 radical (unpaired) electrons. The Morgan fingerprint density at radius 3 is 2.54 bits per heavy atom. The second-order valence-electron chi connectivity index (χ2n) is 4.98. The molecule has 1 aromatic heterocycles. The van der Waals surface area contributed by atoms with Crippen molar-refractivity contribution < 1.29 is 17.2 Å². The Balaban J connectivity index is 2.15. The number of rotatable bonds is 3. The molecule has 0 N–H and O–H groups in total. The zero-order chi connectivity index (χ0) is 17.5. The smallest absolute Gasteiger partial charge is 0.175 e. The average molecular weight is 381 g/mol. The van der Waals surface area contributed by atoms with Crippen LogP contribution in [-0.2, 0) is 9.84 Å². The Labute approximate surface area is 145 Å².